The van der Waals surface area contributed by atoms with Crippen LogP contribution in [0.3, 0.4) is 0 Å². The Balaban J connectivity index is 1.84. The molecule has 3 aromatic rings. The van der Waals surface area contributed by atoms with Crippen molar-refractivity contribution in [3.8, 4) is 11.5 Å². The van der Waals surface area contributed by atoms with E-state index in [2.05, 4.69) is 5.32 Å². The molecule has 0 radical (unpaired) electrons. The van der Waals surface area contributed by atoms with E-state index in [0.717, 1.165) is 21.7 Å². The average Bonchev–Trinajstić information content (AvgIpc) is 2.92. The van der Waals surface area contributed by atoms with E-state index in [1.54, 1.807) is 56.5 Å². The molecule has 10 heteroatoms. The summed E-state index contributed by atoms with van der Waals surface area (Å²) in [6, 6.07) is 22.5. The Morgan fingerprint density at radius 3 is 2.12 bits per heavy atom. The van der Waals surface area contributed by atoms with E-state index in [4.69, 9.17) is 9.47 Å². The Morgan fingerprint density at radius 2 is 1.54 bits per heavy atom. The van der Waals surface area contributed by atoms with Crippen LogP contribution >= 0.6 is 0 Å². The van der Waals surface area contributed by atoms with Gasteiger partial charge in [0.15, 0.2) is 0 Å². The molecule has 0 saturated heterocycles. The van der Waals surface area contributed by atoms with Crippen LogP contribution in [-0.2, 0) is 32.8 Å². The van der Waals surface area contributed by atoms with E-state index >= 15 is 0 Å². The number of carbonyl (C=O) groups is 2. The summed E-state index contributed by atoms with van der Waals surface area (Å²) in [5.41, 5.74) is 1.53. The van der Waals surface area contributed by atoms with E-state index in [-0.39, 0.29) is 12.5 Å². The lowest BCUT2D eigenvalue weighted by Crippen LogP contribution is -2.54. The predicted molar refractivity (Wildman–Crippen MR) is 160 cm³/mol. The quantitative estimate of drug-likeness (QED) is 0.341. The topological polar surface area (TPSA) is 105 Å². The summed E-state index contributed by atoms with van der Waals surface area (Å²) in [5.74, 6) is 0.289. The highest BCUT2D eigenvalue weighted by Crippen LogP contribution is 2.24. The molecular weight excluding hydrogens is 542 g/mol. The number of nitrogens with one attached hydrogen (secondary N) is 1. The van der Waals surface area contributed by atoms with Gasteiger partial charge < -0.3 is 19.7 Å². The molecule has 0 saturated carbocycles. The molecule has 0 aliphatic carbocycles. The molecule has 0 aliphatic heterocycles. The molecular formula is C31H39N3O6S. The van der Waals surface area contributed by atoms with Gasteiger partial charge in [-0.2, -0.15) is 0 Å². The lowest BCUT2D eigenvalue weighted by Gasteiger charge is -2.33. The van der Waals surface area contributed by atoms with Gasteiger partial charge in [-0.25, -0.2) is 8.42 Å². The zero-order chi connectivity index (χ0) is 30.2. The highest BCUT2D eigenvalue weighted by Gasteiger charge is 2.31. The zero-order valence-electron chi connectivity index (χ0n) is 24.5. The van der Waals surface area contributed by atoms with Gasteiger partial charge in [0, 0.05) is 12.1 Å². The Bertz CT molecular complexity index is 1420. The number of amides is 2. The standard InChI is InChI=1S/C31H39N3O6S/c1-23(30(36)32-31(2,3)4)33(20-25-13-10-14-28(19-25)39-5)29(35)21-34(41(6,37)38)26-15-17-27(18-16-26)40-22-24-11-8-7-9-12-24/h7-19,23H,20-22H2,1-6H3,(H,32,36). The molecule has 220 valence electrons. The number of sulfonamides is 1. The van der Waals surface area contributed by atoms with Crippen molar-refractivity contribution in [2.24, 2.45) is 0 Å². The van der Waals surface area contributed by atoms with Gasteiger partial charge in [-0.3, -0.25) is 13.9 Å². The summed E-state index contributed by atoms with van der Waals surface area (Å²) < 4.78 is 37.9. The van der Waals surface area contributed by atoms with Crippen molar-refractivity contribution in [3.63, 3.8) is 0 Å². The monoisotopic (exact) mass is 581 g/mol. The molecule has 0 heterocycles. The Hall–Kier alpha value is -4.05. The maximum Gasteiger partial charge on any atom is 0.244 e. The van der Waals surface area contributed by atoms with Gasteiger partial charge in [-0.15, -0.1) is 0 Å². The summed E-state index contributed by atoms with van der Waals surface area (Å²) in [5, 5.41) is 2.90. The van der Waals surface area contributed by atoms with Crippen molar-refractivity contribution in [2.45, 2.75) is 52.4 Å². The predicted octanol–water partition coefficient (Wildman–Crippen LogP) is 4.37. The van der Waals surface area contributed by atoms with Crippen molar-refractivity contribution in [1.29, 1.82) is 0 Å². The zero-order valence-corrected chi connectivity index (χ0v) is 25.3. The number of methoxy groups -OCH3 is 1. The number of nitrogens with zero attached hydrogens (tertiary/aromatic N) is 2. The Morgan fingerprint density at radius 1 is 0.902 bits per heavy atom. The van der Waals surface area contributed by atoms with Crippen molar-refractivity contribution in [3.05, 3.63) is 90.0 Å². The fourth-order valence-electron chi connectivity index (χ4n) is 4.09. The maximum absolute atomic E-state index is 13.8. The number of hydrogen-bond donors (Lipinski definition) is 1. The summed E-state index contributed by atoms with van der Waals surface area (Å²) >= 11 is 0. The number of ether oxygens (including phenoxy) is 2. The smallest absolute Gasteiger partial charge is 0.244 e. The summed E-state index contributed by atoms with van der Waals surface area (Å²) in [6.07, 6.45) is 1.04. The molecule has 1 unspecified atom stereocenters. The van der Waals surface area contributed by atoms with Gasteiger partial charge in [0.05, 0.1) is 19.1 Å². The van der Waals surface area contributed by atoms with Crippen LogP contribution in [0.5, 0.6) is 11.5 Å². The maximum atomic E-state index is 13.8. The van der Waals surface area contributed by atoms with Crippen LogP contribution < -0.4 is 19.1 Å². The molecule has 1 atom stereocenters. The Labute approximate surface area is 243 Å². The van der Waals surface area contributed by atoms with Gasteiger partial charge in [0.1, 0.15) is 30.7 Å². The number of carbonyl (C=O) groups excluding carboxylic acids is 2. The van der Waals surface area contributed by atoms with Crippen LogP contribution in [0.2, 0.25) is 0 Å². The van der Waals surface area contributed by atoms with E-state index < -0.39 is 34.1 Å². The van der Waals surface area contributed by atoms with Crippen LogP contribution in [0.1, 0.15) is 38.8 Å². The first kappa shape index (κ1) is 31.5. The first-order valence-electron chi connectivity index (χ1n) is 13.3. The first-order valence-corrected chi connectivity index (χ1v) is 15.1. The third kappa shape index (κ3) is 9.53. The van der Waals surface area contributed by atoms with E-state index in [1.807, 2.05) is 57.2 Å². The molecule has 0 bridgehead atoms. The van der Waals surface area contributed by atoms with E-state index in [1.165, 1.54) is 4.90 Å². The highest BCUT2D eigenvalue weighted by atomic mass is 32.2. The normalized spacial score (nSPS) is 12.2. The second kappa shape index (κ2) is 13.5. The minimum Gasteiger partial charge on any atom is -0.497 e. The van der Waals surface area contributed by atoms with Crippen molar-refractivity contribution >= 4 is 27.5 Å². The molecule has 0 fully saturated rings. The average molecular weight is 582 g/mol. The molecule has 3 aromatic carbocycles. The SMILES string of the molecule is COc1cccc(CN(C(=O)CN(c2ccc(OCc3ccccc3)cc2)S(C)(=O)=O)C(C)C(=O)NC(C)(C)C)c1. The molecule has 0 aromatic heterocycles. The summed E-state index contributed by atoms with van der Waals surface area (Å²) in [7, 11) is -2.30. The number of anilines is 1. The summed E-state index contributed by atoms with van der Waals surface area (Å²) in [6.45, 7) is 7.14. The molecule has 0 aliphatic rings. The molecule has 41 heavy (non-hydrogen) atoms. The fourth-order valence-corrected chi connectivity index (χ4v) is 4.94. The van der Waals surface area contributed by atoms with E-state index in [9.17, 15) is 18.0 Å². The van der Waals surface area contributed by atoms with Gasteiger partial charge in [0.25, 0.3) is 0 Å². The molecule has 1 N–H and O–H groups in total. The van der Waals surface area contributed by atoms with Crippen LogP contribution in [0, 0.1) is 0 Å². The number of hydrogen-bond acceptors (Lipinski definition) is 6. The van der Waals surface area contributed by atoms with Crippen LogP contribution in [0.25, 0.3) is 0 Å². The van der Waals surface area contributed by atoms with E-state index in [0.29, 0.717) is 23.8 Å². The molecule has 9 nitrogen and oxygen atoms in total. The van der Waals surface area contributed by atoms with Gasteiger partial charge in [-0.1, -0.05) is 42.5 Å². The second-order valence-electron chi connectivity index (χ2n) is 10.8. The molecule has 2 amide bonds. The van der Waals surface area contributed by atoms with Crippen LogP contribution in [0.15, 0.2) is 78.9 Å². The number of benzene rings is 3. The Kier molecular flexibility index (Phi) is 10.4. The molecule has 3 rings (SSSR count). The number of rotatable bonds is 12. The third-order valence-electron chi connectivity index (χ3n) is 6.20. The highest BCUT2D eigenvalue weighted by molar-refractivity contribution is 7.92. The van der Waals surface area contributed by atoms with Crippen molar-refractivity contribution in [2.75, 3.05) is 24.2 Å². The van der Waals surface area contributed by atoms with Gasteiger partial charge in [0.2, 0.25) is 21.8 Å². The van der Waals surface area contributed by atoms with Crippen LogP contribution in [0.4, 0.5) is 5.69 Å². The fraction of sp³-hybridized carbons (Fsp3) is 0.355. The minimum atomic E-state index is -3.85. The molecule has 0 spiro atoms. The minimum absolute atomic E-state index is 0.0820. The van der Waals surface area contributed by atoms with Gasteiger partial charge >= 0.3 is 0 Å². The van der Waals surface area contributed by atoms with Crippen molar-refractivity contribution < 1.29 is 27.5 Å². The lowest BCUT2D eigenvalue weighted by molar-refractivity contribution is -0.140. The van der Waals surface area contributed by atoms with Crippen LogP contribution in [-0.4, -0.2) is 56.6 Å². The first-order chi connectivity index (χ1) is 19.3. The lowest BCUT2D eigenvalue weighted by atomic mass is 10.1. The van der Waals surface area contributed by atoms with Gasteiger partial charge in [-0.05, 0) is 75.2 Å². The largest absolute Gasteiger partial charge is 0.497 e. The third-order valence-corrected chi connectivity index (χ3v) is 7.35. The van der Waals surface area contributed by atoms with Crippen molar-refractivity contribution in [1.82, 2.24) is 10.2 Å². The summed E-state index contributed by atoms with van der Waals surface area (Å²) in [4.78, 5) is 28.2. The second-order valence-corrected chi connectivity index (χ2v) is 12.7.